The third-order valence-electron chi connectivity index (χ3n) is 5.88. The van der Waals surface area contributed by atoms with Gasteiger partial charge in [-0.1, -0.05) is 102 Å². The summed E-state index contributed by atoms with van der Waals surface area (Å²) in [6, 6.07) is 27.1. The van der Waals surface area contributed by atoms with E-state index in [0.717, 1.165) is 16.7 Å². The van der Waals surface area contributed by atoms with Crippen LogP contribution in [0.4, 0.5) is 0 Å². The summed E-state index contributed by atoms with van der Waals surface area (Å²) in [6.07, 6.45) is 0. The van der Waals surface area contributed by atoms with Gasteiger partial charge in [0.05, 0.1) is 13.1 Å². The van der Waals surface area contributed by atoms with Gasteiger partial charge >= 0.3 is 5.69 Å². The molecule has 0 radical (unpaired) electrons. The lowest BCUT2D eigenvalue weighted by molar-refractivity contribution is 0.651. The molecule has 5 rings (SSSR count). The van der Waals surface area contributed by atoms with E-state index in [-0.39, 0.29) is 12.1 Å². The summed E-state index contributed by atoms with van der Waals surface area (Å²) in [5.74, 6) is 0.587. The van der Waals surface area contributed by atoms with Gasteiger partial charge in [0.25, 0.3) is 5.56 Å². The van der Waals surface area contributed by atoms with E-state index in [1.165, 1.54) is 20.9 Å². The SMILES string of the molecule is Cn1c(=O)n(Cc2ccccc2)c(=O)c2c1nc(SCc1ccccc1Cl)n2Cc1ccccc1. The number of hydrogen-bond donors (Lipinski definition) is 0. The number of fused-ring (bicyclic) bond motifs is 1. The predicted octanol–water partition coefficient (Wildman–Crippen LogP) is 4.94. The average molecular weight is 503 g/mol. The fraction of sp³-hybridized carbons (Fsp3) is 0.148. The Morgan fingerprint density at radius 2 is 1.37 bits per heavy atom. The lowest BCUT2D eigenvalue weighted by Crippen LogP contribution is -2.40. The third kappa shape index (κ3) is 4.70. The van der Waals surface area contributed by atoms with Crippen LogP contribution in [0.2, 0.25) is 5.02 Å². The van der Waals surface area contributed by atoms with Crippen LogP contribution < -0.4 is 11.2 Å². The molecule has 0 spiro atoms. The highest BCUT2D eigenvalue weighted by molar-refractivity contribution is 7.98. The van der Waals surface area contributed by atoms with Crippen molar-refractivity contribution in [3.05, 3.63) is 127 Å². The van der Waals surface area contributed by atoms with Crippen LogP contribution in [0.15, 0.2) is 99.7 Å². The first-order valence-corrected chi connectivity index (χ1v) is 12.5. The molecule has 0 aliphatic heterocycles. The highest BCUT2D eigenvalue weighted by atomic mass is 35.5. The summed E-state index contributed by atoms with van der Waals surface area (Å²) < 4.78 is 4.65. The maximum Gasteiger partial charge on any atom is 0.332 e. The second-order valence-electron chi connectivity index (χ2n) is 8.24. The fourth-order valence-electron chi connectivity index (χ4n) is 4.04. The highest BCUT2D eigenvalue weighted by Gasteiger charge is 2.21. The van der Waals surface area contributed by atoms with Crippen molar-refractivity contribution in [3.63, 3.8) is 0 Å². The van der Waals surface area contributed by atoms with Crippen LogP contribution in [0.1, 0.15) is 16.7 Å². The summed E-state index contributed by atoms with van der Waals surface area (Å²) >= 11 is 7.86. The summed E-state index contributed by atoms with van der Waals surface area (Å²) in [5, 5.41) is 1.34. The molecule has 35 heavy (non-hydrogen) atoms. The molecule has 0 saturated carbocycles. The second-order valence-corrected chi connectivity index (χ2v) is 9.59. The molecule has 0 unspecified atom stereocenters. The number of aryl methyl sites for hydroxylation is 1. The lowest BCUT2D eigenvalue weighted by Gasteiger charge is -2.11. The molecular formula is C27H23ClN4O2S. The number of benzene rings is 3. The zero-order valence-electron chi connectivity index (χ0n) is 19.1. The molecular weight excluding hydrogens is 480 g/mol. The van der Waals surface area contributed by atoms with E-state index < -0.39 is 5.69 Å². The standard InChI is InChI=1S/C27H23ClN4O2S/c1-30-24-23(25(33)32(27(30)34)17-20-12-6-3-7-13-20)31(16-19-10-4-2-5-11-19)26(29-24)35-18-21-14-8-9-15-22(21)28/h2-15H,16-18H2,1H3. The molecule has 8 heteroatoms. The Balaban J connectivity index is 1.66. The van der Waals surface area contributed by atoms with Crippen molar-refractivity contribution in [1.82, 2.24) is 18.7 Å². The smallest absolute Gasteiger partial charge is 0.309 e. The number of thioether (sulfide) groups is 1. The van der Waals surface area contributed by atoms with Gasteiger partial charge in [-0.15, -0.1) is 0 Å². The number of halogens is 1. The van der Waals surface area contributed by atoms with E-state index in [1.54, 1.807) is 7.05 Å². The molecule has 0 bridgehead atoms. The fourth-order valence-corrected chi connectivity index (χ4v) is 5.32. The van der Waals surface area contributed by atoms with Crippen LogP contribution in [0, 0.1) is 0 Å². The van der Waals surface area contributed by atoms with E-state index in [4.69, 9.17) is 16.6 Å². The van der Waals surface area contributed by atoms with E-state index in [2.05, 4.69) is 0 Å². The minimum atomic E-state index is -0.390. The Morgan fingerprint density at radius 1 is 0.800 bits per heavy atom. The minimum absolute atomic E-state index is 0.195. The molecule has 2 aromatic heterocycles. The van der Waals surface area contributed by atoms with Gasteiger partial charge in [-0.05, 0) is 22.8 Å². The van der Waals surface area contributed by atoms with Crippen molar-refractivity contribution in [2.45, 2.75) is 24.0 Å². The van der Waals surface area contributed by atoms with Gasteiger partial charge in [-0.2, -0.15) is 0 Å². The Labute approximate surface area is 211 Å². The Hall–Kier alpha value is -3.55. The van der Waals surface area contributed by atoms with Crippen molar-refractivity contribution in [2.75, 3.05) is 0 Å². The Bertz CT molecular complexity index is 1610. The van der Waals surface area contributed by atoms with Crippen LogP contribution in [0.5, 0.6) is 0 Å². The largest absolute Gasteiger partial charge is 0.332 e. The number of imidazole rings is 1. The molecule has 0 saturated heterocycles. The van der Waals surface area contributed by atoms with Gasteiger partial charge in [0.1, 0.15) is 0 Å². The van der Waals surface area contributed by atoms with Gasteiger partial charge in [-0.3, -0.25) is 13.9 Å². The number of hydrogen-bond acceptors (Lipinski definition) is 4. The highest BCUT2D eigenvalue weighted by Crippen LogP contribution is 2.28. The Morgan fingerprint density at radius 3 is 2.00 bits per heavy atom. The van der Waals surface area contributed by atoms with Gasteiger partial charge in [-0.25, -0.2) is 9.78 Å². The van der Waals surface area contributed by atoms with E-state index in [9.17, 15) is 9.59 Å². The molecule has 3 aromatic carbocycles. The van der Waals surface area contributed by atoms with E-state index in [1.807, 2.05) is 89.5 Å². The zero-order chi connectivity index (χ0) is 24.4. The van der Waals surface area contributed by atoms with E-state index in [0.29, 0.717) is 33.6 Å². The summed E-state index contributed by atoms with van der Waals surface area (Å²) in [4.78, 5) is 31.6. The average Bonchev–Trinajstić information content (AvgIpc) is 3.24. The first-order chi connectivity index (χ1) is 17.0. The molecule has 2 heterocycles. The number of aromatic nitrogens is 4. The minimum Gasteiger partial charge on any atom is -0.309 e. The lowest BCUT2D eigenvalue weighted by atomic mass is 10.2. The zero-order valence-corrected chi connectivity index (χ0v) is 20.7. The maximum absolute atomic E-state index is 13.7. The third-order valence-corrected chi connectivity index (χ3v) is 7.27. The van der Waals surface area contributed by atoms with Gasteiger partial charge in [0, 0.05) is 17.8 Å². The monoisotopic (exact) mass is 502 g/mol. The van der Waals surface area contributed by atoms with Crippen LogP contribution in [0.3, 0.4) is 0 Å². The molecule has 176 valence electrons. The number of nitrogens with zero attached hydrogens (tertiary/aromatic N) is 4. The maximum atomic E-state index is 13.7. The van der Waals surface area contributed by atoms with Crippen molar-refractivity contribution in [1.29, 1.82) is 0 Å². The molecule has 0 aliphatic rings. The van der Waals surface area contributed by atoms with Gasteiger partial charge in [0.2, 0.25) is 0 Å². The normalized spacial score (nSPS) is 11.3. The first kappa shape index (κ1) is 23.2. The van der Waals surface area contributed by atoms with Crippen molar-refractivity contribution < 1.29 is 0 Å². The molecule has 6 nitrogen and oxygen atoms in total. The molecule has 0 amide bonds. The van der Waals surface area contributed by atoms with Crippen LogP contribution in [-0.4, -0.2) is 18.7 Å². The second kappa shape index (κ2) is 9.98. The molecule has 0 fully saturated rings. The molecule has 0 atom stereocenters. The molecule has 0 N–H and O–H groups in total. The van der Waals surface area contributed by atoms with Gasteiger partial charge < -0.3 is 4.57 Å². The molecule has 0 aliphatic carbocycles. The van der Waals surface area contributed by atoms with Crippen LogP contribution in [-0.2, 0) is 25.9 Å². The van der Waals surface area contributed by atoms with Crippen molar-refractivity contribution in [3.8, 4) is 0 Å². The Kier molecular flexibility index (Phi) is 6.61. The summed E-state index contributed by atoms with van der Waals surface area (Å²) in [5.41, 5.74) is 2.95. The van der Waals surface area contributed by atoms with Crippen molar-refractivity contribution >= 4 is 34.5 Å². The van der Waals surface area contributed by atoms with Crippen LogP contribution in [0.25, 0.3) is 11.2 Å². The number of rotatable bonds is 7. The topological polar surface area (TPSA) is 61.8 Å². The summed E-state index contributed by atoms with van der Waals surface area (Å²) in [6.45, 7) is 0.655. The van der Waals surface area contributed by atoms with Crippen molar-refractivity contribution in [2.24, 2.45) is 7.05 Å². The first-order valence-electron chi connectivity index (χ1n) is 11.2. The van der Waals surface area contributed by atoms with Gasteiger partial charge in [0.15, 0.2) is 16.3 Å². The predicted molar refractivity (Wildman–Crippen MR) is 141 cm³/mol. The van der Waals surface area contributed by atoms with E-state index >= 15 is 0 Å². The quantitative estimate of drug-likeness (QED) is 0.296. The molecule has 5 aromatic rings. The summed E-state index contributed by atoms with van der Waals surface area (Å²) in [7, 11) is 1.66. The van der Waals surface area contributed by atoms with Crippen LogP contribution >= 0.6 is 23.4 Å².